The van der Waals surface area contributed by atoms with Crippen molar-refractivity contribution in [2.45, 2.75) is 13.3 Å². The van der Waals surface area contributed by atoms with Crippen molar-refractivity contribution in [2.24, 2.45) is 0 Å². The fourth-order valence-corrected chi connectivity index (χ4v) is 1.97. The van der Waals surface area contributed by atoms with Crippen LogP contribution in [0.4, 0.5) is 11.6 Å². The third-order valence-corrected chi connectivity index (χ3v) is 2.94. The smallest absolute Gasteiger partial charge is 0.219 e. The van der Waals surface area contributed by atoms with Gasteiger partial charge >= 0.3 is 0 Å². The van der Waals surface area contributed by atoms with Gasteiger partial charge in [0.1, 0.15) is 5.82 Å². The molecule has 0 radical (unpaired) electrons. The van der Waals surface area contributed by atoms with Gasteiger partial charge in [0, 0.05) is 33.1 Å². The van der Waals surface area contributed by atoms with Gasteiger partial charge in [-0.05, 0) is 18.6 Å². The zero-order valence-corrected chi connectivity index (χ0v) is 9.96. The molecule has 1 amide bonds. The Morgan fingerprint density at radius 3 is 2.71 bits per heavy atom. The van der Waals surface area contributed by atoms with Gasteiger partial charge in [0.15, 0.2) is 5.82 Å². The number of hydrogen-bond acceptors (Lipinski definition) is 5. The number of anilines is 2. The van der Waals surface area contributed by atoms with Crippen LogP contribution in [0.3, 0.4) is 0 Å². The molecule has 0 spiro atoms. The second kappa shape index (κ2) is 4.99. The fourth-order valence-electron chi connectivity index (χ4n) is 1.97. The van der Waals surface area contributed by atoms with Crippen molar-refractivity contribution >= 4 is 17.5 Å². The monoisotopic (exact) mass is 235 g/mol. The molecule has 1 aliphatic rings. The van der Waals surface area contributed by atoms with E-state index in [0.29, 0.717) is 5.82 Å². The molecule has 0 aromatic carbocycles. The van der Waals surface area contributed by atoms with Crippen LogP contribution in [-0.2, 0) is 4.79 Å². The number of carbonyl (C=O) groups excluding carboxylic acids is 1. The lowest BCUT2D eigenvalue weighted by Crippen LogP contribution is -2.33. The van der Waals surface area contributed by atoms with Gasteiger partial charge in [-0.3, -0.25) is 4.79 Å². The first kappa shape index (κ1) is 11.6. The normalized spacial score (nSPS) is 16.8. The molecular weight excluding hydrogens is 218 g/mol. The number of nitrogen functional groups attached to an aromatic ring is 1. The van der Waals surface area contributed by atoms with Crippen LogP contribution in [0.5, 0.6) is 0 Å². The number of rotatable bonds is 1. The van der Waals surface area contributed by atoms with E-state index in [1.807, 2.05) is 11.0 Å². The van der Waals surface area contributed by atoms with Crippen molar-refractivity contribution in [1.82, 2.24) is 15.1 Å². The summed E-state index contributed by atoms with van der Waals surface area (Å²) in [6, 6.07) is 3.61. The Hall–Kier alpha value is -1.85. The van der Waals surface area contributed by atoms with E-state index in [0.717, 1.165) is 38.4 Å². The summed E-state index contributed by atoms with van der Waals surface area (Å²) in [6.45, 7) is 4.84. The molecule has 0 bridgehead atoms. The van der Waals surface area contributed by atoms with Gasteiger partial charge in [0.2, 0.25) is 5.91 Å². The Labute approximate surface area is 100 Å². The maximum Gasteiger partial charge on any atom is 0.219 e. The summed E-state index contributed by atoms with van der Waals surface area (Å²) in [5, 5.41) is 7.91. The first-order valence-corrected chi connectivity index (χ1v) is 5.76. The van der Waals surface area contributed by atoms with Crippen molar-refractivity contribution in [2.75, 3.05) is 36.8 Å². The zero-order chi connectivity index (χ0) is 12.3. The number of nitrogens with two attached hydrogens (primary N) is 1. The highest BCUT2D eigenvalue weighted by molar-refractivity contribution is 5.73. The Bertz CT molecular complexity index is 391. The van der Waals surface area contributed by atoms with E-state index in [1.54, 1.807) is 13.0 Å². The molecule has 6 heteroatoms. The molecule has 1 fully saturated rings. The number of aromatic nitrogens is 2. The van der Waals surface area contributed by atoms with Crippen molar-refractivity contribution in [1.29, 1.82) is 0 Å². The molecule has 0 saturated carbocycles. The molecule has 92 valence electrons. The summed E-state index contributed by atoms with van der Waals surface area (Å²) >= 11 is 0. The highest BCUT2D eigenvalue weighted by atomic mass is 16.2. The Kier molecular flexibility index (Phi) is 3.41. The first-order chi connectivity index (χ1) is 8.16. The lowest BCUT2D eigenvalue weighted by atomic mass is 10.3. The van der Waals surface area contributed by atoms with Crippen LogP contribution in [0.15, 0.2) is 12.1 Å². The first-order valence-electron chi connectivity index (χ1n) is 5.76. The average molecular weight is 235 g/mol. The van der Waals surface area contributed by atoms with E-state index < -0.39 is 0 Å². The van der Waals surface area contributed by atoms with Gasteiger partial charge in [-0.25, -0.2) is 0 Å². The van der Waals surface area contributed by atoms with E-state index >= 15 is 0 Å². The summed E-state index contributed by atoms with van der Waals surface area (Å²) < 4.78 is 0. The molecule has 1 aromatic heterocycles. The Balaban J connectivity index is 2.03. The predicted octanol–water partition coefficient (Wildman–Crippen LogP) is 0.117. The number of nitrogens with zero attached hydrogens (tertiary/aromatic N) is 4. The number of carbonyl (C=O) groups is 1. The minimum Gasteiger partial charge on any atom is -0.382 e. The van der Waals surface area contributed by atoms with E-state index in [1.165, 1.54) is 0 Å². The van der Waals surface area contributed by atoms with Crippen LogP contribution in [0.1, 0.15) is 13.3 Å². The largest absolute Gasteiger partial charge is 0.382 e. The minimum atomic E-state index is 0.134. The summed E-state index contributed by atoms with van der Waals surface area (Å²) in [4.78, 5) is 15.3. The Morgan fingerprint density at radius 2 is 2.06 bits per heavy atom. The van der Waals surface area contributed by atoms with Gasteiger partial charge in [0.05, 0.1) is 0 Å². The van der Waals surface area contributed by atoms with Crippen LogP contribution in [0, 0.1) is 0 Å². The maximum atomic E-state index is 11.3. The molecule has 0 atom stereocenters. The molecule has 0 aliphatic carbocycles. The molecular formula is C11H17N5O. The molecule has 2 rings (SSSR count). The zero-order valence-electron chi connectivity index (χ0n) is 9.96. The van der Waals surface area contributed by atoms with E-state index in [9.17, 15) is 4.79 Å². The van der Waals surface area contributed by atoms with Crippen molar-refractivity contribution in [3.8, 4) is 0 Å². The van der Waals surface area contributed by atoms with Crippen LogP contribution in [-0.4, -0.2) is 47.2 Å². The second-order valence-electron chi connectivity index (χ2n) is 4.16. The molecule has 6 nitrogen and oxygen atoms in total. The number of hydrogen-bond donors (Lipinski definition) is 1. The Morgan fingerprint density at radius 1 is 1.24 bits per heavy atom. The molecule has 2 N–H and O–H groups in total. The maximum absolute atomic E-state index is 11.3. The van der Waals surface area contributed by atoms with E-state index in [2.05, 4.69) is 15.1 Å². The van der Waals surface area contributed by atoms with Gasteiger partial charge in [-0.1, -0.05) is 0 Å². The van der Waals surface area contributed by atoms with Crippen LogP contribution < -0.4 is 10.6 Å². The average Bonchev–Trinajstić information content (AvgIpc) is 2.55. The van der Waals surface area contributed by atoms with Crippen LogP contribution in [0.25, 0.3) is 0 Å². The summed E-state index contributed by atoms with van der Waals surface area (Å²) in [5.74, 6) is 1.38. The number of amides is 1. The van der Waals surface area contributed by atoms with Crippen molar-refractivity contribution in [3.05, 3.63) is 12.1 Å². The summed E-state index contributed by atoms with van der Waals surface area (Å²) in [7, 11) is 0. The van der Waals surface area contributed by atoms with Gasteiger partial charge in [-0.2, -0.15) is 0 Å². The predicted molar refractivity (Wildman–Crippen MR) is 65.5 cm³/mol. The molecule has 1 aromatic rings. The third-order valence-electron chi connectivity index (χ3n) is 2.94. The van der Waals surface area contributed by atoms with Crippen LogP contribution in [0.2, 0.25) is 0 Å². The SMILES string of the molecule is CC(=O)N1CCCN(c2ccc(N)nn2)CC1. The summed E-state index contributed by atoms with van der Waals surface area (Å²) in [5.41, 5.74) is 5.50. The van der Waals surface area contributed by atoms with Crippen LogP contribution >= 0.6 is 0 Å². The third kappa shape index (κ3) is 2.83. The minimum absolute atomic E-state index is 0.134. The lowest BCUT2D eigenvalue weighted by molar-refractivity contribution is -0.128. The molecule has 2 heterocycles. The van der Waals surface area contributed by atoms with Gasteiger partial charge in [-0.15, -0.1) is 10.2 Å². The van der Waals surface area contributed by atoms with Crippen molar-refractivity contribution < 1.29 is 4.79 Å². The van der Waals surface area contributed by atoms with Gasteiger partial charge in [0.25, 0.3) is 0 Å². The lowest BCUT2D eigenvalue weighted by Gasteiger charge is -2.21. The molecule has 0 unspecified atom stereocenters. The molecule has 17 heavy (non-hydrogen) atoms. The second-order valence-corrected chi connectivity index (χ2v) is 4.16. The molecule has 1 saturated heterocycles. The topological polar surface area (TPSA) is 75.4 Å². The standard InChI is InChI=1S/C11H17N5O/c1-9(17)15-5-2-6-16(8-7-15)11-4-3-10(12)13-14-11/h3-4H,2,5-8H2,1H3,(H2,12,13). The van der Waals surface area contributed by atoms with Crippen molar-refractivity contribution in [3.63, 3.8) is 0 Å². The van der Waals surface area contributed by atoms with E-state index in [-0.39, 0.29) is 5.91 Å². The molecule has 1 aliphatic heterocycles. The van der Waals surface area contributed by atoms with E-state index in [4.69, 9.17) is 5.73 Å². The fraction of sp³-hybridized carbons (Fsp3) is 0.545. The van der Waals surface area contributed by atoms with Gasteiger partial charge < -0.3 is 15.5 Å². The highest BCUT2D eigenvalue weighted by Crippen LogP contribution is 2.13. The highest BCUT2D eigenvalue weighted by Gasteiger charge is 2.17. The summed E-state index contributed by atoms with van der Waals surface area (Å²) in [6.07, 6.45) is 0.950. The quantitative estimate of drug-likeness (QED) is 0.748.